The van der Waals surface area contributed by atoms with E-state index in [9.17, 15) is 9.59 Å². The van der Waals surface area contributed by atoms with Crippen LogP contribution in [-0.2, 0) is 11.3 Å². The molecule has 0 aromatic carbocycles. The number of nitrogens with zero attached hydrogens (tertiary/aromatic N) is 2. The van der Waals surface area contributed by atoms with Gasteiger partial charge in [-0.2, -0.15) is 0 Å². The van der Waals surface area contributed by atoms with Crippen molar-refractivity contribution >= 4 is 21.8 Å². The highest BCUT2D eigenvalue weighted by molar-refractivity contribution is 9.10. The molecule has 6 heteroatoms. The van der Waals surface area contributed by atoms with E-state index in [2.05, 4.69) is 26.2 Å². The summed E-state index contributed by atoms with van der Waals surface area (Å²) in [4.78, 5) is 27.2. The van der Waals surface area contributed by atoms with E-state index < -0.39 is 0 Å². The van der Waals surface area contributed by atoms with Gasteiger partial charge in [0.2, 0.25) is 5.91 Å². The lowest BCUT2D eigenvalue weighted by atomic mass is 10.4. The number of aryl methyl sites for hydroxylation is 1. The molecule has 1 aliphatic rings. The molecule has 5 nitrogen and oxygen atoms in total. The van der Waals surface area contributed by atoms with Crippen LogP contribution in [0, 0.1) is 6.92 Å². The van der Waals surface area contributed by atoms with Crippen LogP contribution in [0.4, 0.5) is 0 Å². The summed E-state index contributed by atoms with van der Waals surface area (Å²) in [5, 5.41) is 2.82. The Hall–Kier alpha value is -1.17. The highest BCUT2D eigenvalue weighted by atomic mass is 79.9. The van der Waals surface area contributed by atoms with E-state index in [0.717, 1.165) is 12.8 Å². The first-order valence-corrected chi connectivity index (χ1v) is 5.88. The Morgan fingerprint density at radius 2 is 2.38 bits per heavy atom. The lowest BCUT2D eigenvalue weighted by Gasteiger charge is -2.07. The smallest absolute Gasteiger partial charge is 0.268 e. The average molecular weight is 286 g/mol. The third-order valence-electron chi connectivity index (χ3n) is 2.41. The Morgan fingerprint density at radius 3 is 3.00 bits per heavy atom. The van der Waals surface area contributed by atoms with Crippen molar-refractivity contribution in [3.8, 4) is 0 Å². The third kappa shape index (κ3) is 2.49. The van der Waals surface area contributed by atoms with Crippen LogP contribution in [0.5, 0.6) is 0 Å². The molecule has 1 saturated carbocycles. The quantitative estimate of drug-likeness (QED) is 0.884. The van der Waals surface area contributed by atoms with E-state index in [1.165, 1.54) is 10.9 Å². The number of hydrogen-bond acceptors (Lipinski definition) is 3. The molecule has 1 fully saturated rings. The average Bonchev–Trinajstić information content (AvgIpc) is 3.03. The van der Waals surface area contributed by atoms with Crippen molar-refractivity contribution in [2.24, 2.45) is 0 Å². The summed E-state index contributed by atoms with van der Waals surface area (Å²) in [5.41, 5.74) is 0.405. The maximum atomic E-state index is 11.7. The molecule has 1 aromatic heterocycles. The van der Waals surface area contributed by atoms with Crippen molar-refractivity contribution in [1.82, 2.24) is 14.9 Å². The second kappa shape index (κ2) is 4.37. The Morgan fingerprint density at radius 1 is 1.69 bits per heavy atom. The molecular weight excluding hydrogens is 274 g/mol. The molecule has 16 heavy (non-hydrogen) atoms. The largest absolute Gasteiger partial charge is 0.352 e. The van der Waals surface area contributed by atoms with E-state index in [1.807, 2.05) is 0 Å². The number of rotatable bonds is 3. The van der Waals surface area contributed by atoms with Crippen LogP contribution in [0.1, 0.15) is 18.5 Å². The van der Waals surface area contributed by atoms with Gasteiger partial charge in [-0.15, -0.1) is 0 Å². The van der Waals surface area contributed by atoms with Crippen LogP contribution >= 0.6 is 15.9 Å². The van der Waals surface area contributed by atoms with Gasteiger partial charge in [-0.1, -0.05) is 0 Å². The number of aromatic nitrogens is 2. The van der Waals surface area contributed by atoms with E-state index >= 15 is 0 Å². The van der Waals surface area contributed by atoms with Crippen LogP contribution < -0.4 is 10.9 Å². The minimum absolute atomic E-state index is 0.0290. The predicted molar refractivity (Wildman–Crippen MR) is 62.1 cm³/mol. The summed E-state index contributed by atoms with van der Waals surface area (Å²) in [5.74, 6) is -0.137. The molecule has 0 bridgehead atoms. The van der Waals surface area contributed by atoms with Gasteiger partial charge in [-0.3, -0.25) is 14.2 Å². The standard InChI is InChI=1S/C10H12BrN3O2/c1-6-9(11)10(16)14(5-12-6)4-8(15)13-7-2-3-7/h5,7H,2-4H2,1H3,(H,13,15). The topological polar surface area (TPSA) is 64.0 Å². The predicted octanol–water partition coefficient (Wildman–Crippen LogP) is 0.593. The fourth-order valence-electron chi connectivity index (χ4n) is 1.31. The highest BCUT2D eigenvalue weighted by Crippen LogP contribution is 2.18. The van der Waals surface area contributed by atoms with Crippen LogP contribution in [0.15, 0.2) is 15.6 Å². The molecule has 1 amide bonds. The molecule has 86 valence electrons. The van der Waals surface area contributed by atoms with Gasteiger partial charge in [-0.25, -0.2) is 4.98 Å². The molecule has 2 rings (SSSR count). The molecule has 0 unspecified atom stereocenters. The maximum absolute atomic E-state index is 11.7. The lowest BCUT2D eigenvalue weighted by Crippen LogP contribution is -2.34. The second-order valence-electron chi connectivity index (χ2n) is 3.92. The molecule has 0 aliphatic heterocycles. The van der Waals surface area contributed by atoms with Gasteiger partial charge >= 0.3 is 0 Å². The Bertz CT molecular complexity index is 479. The Kier molecular flexibility index (Phi) is 3.09. The third-order valence-corrected chi connectivity index (χ3v) is 3.33. The number of carbonyl (C=O) groups is 1. The first-order chi connectivity index (χ1) is 7.58. The summed E-state index contributed by atoms with van der Waals surface area (Å²) >= 11 is 3.16. The molecular formula is C10H12BrN3O2. The second-order valence-corrected chi connectivity index (χ2v) is 4.71. The van der Waals surface area contributed by atoms with Crippen molar-refractivity contribution in [3.05, 3.63) is 26.8 Å². The minimum atomic E-state index is -0.224. The van der Waals surface area contributed by atoms with Crippen LogP contribution in [-0.4, -0.2) is 21.5 Å². The number of carbonyl (C=O) groups excluding carboxylic acids is 1. The van der Waals surface area contributed by atoms with Crippen molar-refractivity contribution in [2.45, 2.75) is 32.4 Å². The van der Waals surface area contributed by atoms with Crippen LogP contribution in [0.2, 0.25) is 0 Å². The first kappa shape index (κ1) is 11.3. The van der Waals surface area contributed by atoms with Gasteiger partial charge in [0.25, 0.3) is 5.56 Å². The van der Waals surface area contributed by atoms with Crippen molar-refractivity contribution in [1.29, 1.82) is 0 Å². The fourth-order valence-corrected chi connectivity index (χ4v) is 1.64. The summed E-state index contributed by atoms with van der Waals surface area (Å²) in [6.45, 7) is 1.77. The van der Waals surface area contributed by atoms with Crippen molar-refractivity contribution in [3.63, 3.8) is 0 Å². The van der Waals surface area contributed by atoms with Crippen molar-refractivity contribution < 1.29 is 4.79 Å². The number of hydrogen-bond donors (Lipinski definition) is 1. The van der Waals surface area contributed by atoms with Crippen LogP contribution in [0.3, 0.4) is 0 Å². The summed E-state index contributed by atoms with van der Waals surface area (Å²) < 4.78 is 1.71. The van der Waals surface area contributed by atoms with Gasteiger partial charge in [0.15, 0.2) is 0 Å². The molecule has 1 aromatic rings. The zero-order chi connectivity index (χ0) is 11.7. The molecule has 1 N–H and O–H groups in total. The summed E-state index contributed by atoms with van der Waals surface area (Å²) in [6, 6.07) is 0.310. The molecule has 1 aliphatic carbocycles. The summed E-state index contributed by atoms with van der Waals surface area (Å²) in [6.07, 6.45) is 3.47. The molecule has 0 spiro atoms. The van der Waals surface area contributed by atoms with Gasteiger partial charge in [-0.05, 0) is 35.7 Å². The van der Waals surface area contributed by atoms with E-state index in [0.29, 0.717) is 16.2 Å². The van der Waals surface area contributed by atoms with Crippen molar-refractivity contribution in [2.75, 3.05) is 0 Å². The first-order valence-electron chi connectivity index (χ1n) is 5.09. The Balaban J connectivity index is 2.11. The number of nitrogens with one attached hydrogen (secondary N) is 1. The summed E-state index contributed by atoms with van der Waals surface area (Å²) in [7, 11) is 0. The van der Waals surface area contributed by atoms with E-state index in [1.54, 1.807) is 6.92 Å². The molecule has 0 atom stereocenters. The van der Waals surface area contributed by atoms with Gasteiger partial charge in [0.1, 0.15) is 11.0 Å². The van der Waals surface area contributed by atoms with E-state index in [4.69, 9.17) is 0 Å². The monoisotopic (exact) mass is 285 g/mol. The van der Waals surface area contributed by atoms with Gasteiger partial charge < -0.3 is 5.32 Å². The highest BCUT2D eigenvalue weighted by Gasteiger charge is 2.23. The molecule has 1 heterocycles. The zero-order valence-electron chi connectivity index (χ0n) is 8.86. The maximum Gasteiger partial charge on any atom is 0.268 e. The number of halogens is 1. The molecule has 0 radical (unpaired) electrons. The van der Waals surface area contributed by atoms with Gasteiger partial charge in [0, 0.05) is 6.04 Å². The fraction of sp³-hybridized carbons (Fsp3) is 0.500. The lowest BCUT2D eigenvalue weighted by molar-refractivity contribution is -0.121. The normalized spacial score (nSPS) is 14.9. The van der Waals surface area contributed by atoms with E-state index in [-0.39, 0.29) is 18.0 Å². The Labute approximate surface area is 101 Å². The minimum Gasteiger partial charge on any atom is -0.352 e. The zero-order valence-corrected chi connectivity index (χ0v) is 10.5. The molecule has 0 saturated heterocycles. The number of amides is 1. The van der Waals surface area contributed by atoms with Crippen LogP contribution in [0.25, 0.3) is 0 Å². The SMILES string of the molecule is Cc1ncn(CC(=O)NC2CC2)c(=O)c1Br. The van der Waals surface area contributed by atoms with Gasteiger partial charge in [0.05, 0.1) is 12.0 Å².